The van der Waals surface area contributed by atoms with Gasteiger partial charge in [-0.25, -0.2) is 0 Å². The number of rotatable bonds is 8. The fourth-order valence-corrected chi connectivity index (χ4v) is 1.96. The number of amides is 1. The van der Waals surface area contributed by atoms with E-state index in [0.29, 0.717) is 23.8 Å². The molecule has 1 N–H and O–H groups in total. The van der Waals surface area contributed by atoms with Crippen molar-refractivity contribution in [3.63, 3.8) is 0 Å². The van der Waals surface area contributed by atoms with Gasteiger partial charge in [0.15, 0.2) is 6.61 Å². The van der Waals surface area contributed by atoms with Crippen LogP contribution in [-0.2, 0) is 4.79 Å². The van der Waals surface area contributed by atoms with Gasteiger partial charge in [0, 0.05) is 6.07 Å². The summed E-state index contributed by atoms with van der Waals surface area (Å²) < 4.78 is 16.2. The van der Waals surface area contributed by atoms with Crippen LogP contribution in [-0.4, -0.2) is 26.2 Å². The summed E-state index contributed by atoms with van der Waals surface area (Å²) in [6.45, 7) is 2.61. The molecule has 5 nitrogen and oxygen atoms in total. The van der Waals surface area contributed by atoms with E-state index in [1.807, 2.05) is 31.2 Å². The molecule has 2 aromatic rings. The van der Waals surface area contributed by atoms with E-state index in [2.05, 4.69) is 5.32 Å². The number of methoxy groups -OCH3 is 1. The highest BCUT2D eigenvalue weighted by Crippen LogP contribution is 2.23. The molecule has 0 aromatic heterocycles. The van der Waals surface area contributed by atoms with Gasteiger partial charge in [0.25, 0.3) is 5.91 Å². The third-order valence-corrected chi connectivity index (χ3v) is 3.03. The molecule has 1 amide bonds. The number of ether oxygens (including phenoxy) is 3. The van der Waals surface area contributed by atoms with Crippen LogP contribution in [0.15, 0.2) is 48.5 Å². The monoisotopic (exact) mass is 315 g/mol. The lowest BCUT2D eigenvalue weighted by atomic mass is 10.3. The minimum atomic E-state index is -0.255. The van der Waals surface area contributed by atoms with Gasteiger partial charge in [-0.15, -0.1) is 0 Å². The average Bonchev–Trinajstić information content (AvgIpc) is 2.59. The first-order chi connectivity index (χ1) is 11.2. The van der Waals surface area contributed by atoms with Crippen LogP contribution in [0, 0.1) is 0 Å². The number of benzene rings is 2. The Morgan fingerprint density at radius 1 is 1.04 bits per heavy atom. The van der Waals surface area contributed by atoms with Crippen molar-refractivity contribution in [2.24, 2.45) is 0 Å². The van der Waals surface area contributed by atoms with Crippen LogP contribution in [0.4, 0.5) is 5.69 Å². The molecule has 0 saturated carbocycles. The minimum Gasteiger partial charge on any atom is -0.495 e. The zero-order chi connectivity index (χ0) is 16.5. The van der Waals surface area contributed by atoms with Crippen molar-refractivity contribution in [1.29, 1.82) is 0 Å². The van der Waals surface area contributed by atoms with Crippen LogP contribution in [0.5, 0.6) is 17.2 Å². The predicted octanol–water partition coefficient (Wildman–Crippen LogP) is 3.50. The van der Waals surface area contributed by atoms with Crippen molar-refractivity contribution in [1.82, 2.24) is 0 Å². The molecule has 0 aliphatic rings. The van der Waals surface area contributed by atoms with Crippen LogP contribution in [0.25, 0.3) is 0 Å². The molecule has 5 heteroatoms. The van der Waals surface area contributed by atoms with E-state index >= 15 is 0 Å². The number of hydrogen-bond acceptors (Lipinski definition) is 4. The van der Waals surface area contributed by atoms with Crippen LogP contribution >= 0.6 is 0 Å². The van der Waals surface area contributed by atoms with E-state index in [9.17, 15) is 4.79 Å². The van der Waals surface area contributed by atoms with Crippen LogP contribution in [0.1, 0.15) is 13.3 Å². The minimum absolute atomic E-state index is 0.0880. The summed E-state index contributed by atoms with van der Waals surface area (Å²) in [6.07, 6.45) is 0.937. The Morgan fingerprint density at radius 2 is 1.78 bits per heavy atom. The lowest BCUT2D eigenvalue weighted by molar-refractivity contribution is -0.118. The van der Waals surface area contributed by atoms with E-state index in [1.165, 1.54) is 0 Å². The lowest BCUT2D eigenvalue weighted by Crippen LogP contribution is -2.20. The van der Waals surface area contributed by atoms with Crippen molar-refractivity contribution < 1.29 is 19.0 Å². The zero-order valence-electron chi connectivity index (χ0n) is 13.4. The van der Waals surface area contributed by atoms with Gasteiger partial charge in [0.1, 0.15) is 17.2 Å². The number of carbonyl (C=O) groups excluding carboxylic acids is 1. The molecule has 2 rings (SSSR count). The maximum atomic E-state index is 12.0. The second-order valence-corrected chi connectivity index (χ2v) is 4.86. The van der Waals surface area contributed by atoms with Gasteiger partial charge in [-0.3, -0.25) is 4.79 Å². The van der Waals surface area contributed by atoms with Gasteiger partial charge >= 0.3 is 0 Å². The summed E-state index contributed by atoms with van der Waals surface area (Å²) in [6, 6.07) is 14.5. The van der Waals surface area contributed by atoms with Crippen molar-refractivity contribution >= 4 is 11.6 Å². The zero-order valence-corrected chi connectivity index (χ0v) is 13.4. The fourth-order valence-electron chi connectivity index (χ4n) is 1.96. The van der Waals surface area contributed by atoms with Crippen molar-refractivity contribution in [2.75, 3.05) is 25.6 Å². The van der Waals surface area contributed by atoms with Gasteiger partial charge < -0.3 is 19.5 Å². The first kappa shape index (κ1) is 16.7. The quantitative estimate of drug-likeness (QED) is 0.810. The number of carbonyl (C=O) groups is 1. The van der Waals surface area contributed by atoms with E-state index in [4.69, 9.17) is 14.2 Å². The Kier molecular flexibility index (Phi) is 6.29. The van der Waals surface area contributed by atoms with Gasteiger partial charge in [-0.05, 0) is 30.7 Å². The molecule has 122 valence electrons. The molecular formula is C18H21NO4. The molecule has 23 heavy (non-hydrogen) atoms. The smallest absolute Gasteiger partial charge is 0.262 e. The van der Waals surface area contributed by atoms with Crippen molar-refractivity contribution in [3.8, 4) is 17.2 Å². The summed E-state index contributed by atoms with van der Waals surface area (Å²) in [7, 11) is 1.56. The highest BCUT2D eigenvalue weighted by Gasteiger charge is 2.08. The first-order valence-electron chi connectivity index (χ1n) is 7.51. The van der Waals surface area contributed by atoms with E-state index in [0.717, 1.165) is 12.2 Å². The summed E-state index contributed by atoms with van der Waals surface area (Å²) in [5.41, 5.74) is 0.614. The van der Waals surface area contributed by atoms with Crippen LogP contribution in [0.3, 0.4) is 0 Å². The van der Waals surface area contributed by atoms with Gasteiger partial charge in [0.05, 0.1) is 19.4 Å². The highest BCUT2D eigenvalue weighted by molar-refractivity contribution is 5.93. The molecule has 0 heterocycles. The first-order valence-corrected chi connectivity index (χ1v) is 7.51. The SMILES string of the molecule is CCCOc1cccc(OCC(=O)Nc2ccccc2OC)c1. The number of para-hydroxylation sites is 2. The molecule has 0 radical (unpaired) electrons. The van der Waals surface area contributed by atoms with Crippen molar-refractivity contribution in [2.45, 2.75) is 13.3 Å². The Balaban J connectivity index is 1.89. The van der Waals surface area contributed by atoms with Gasteiger partial charge in [-0.2, -0.15) is 0 Å². The number of nitrogens with one attached hydrogen (secondary N) is 1. The molecule has 0 saturated heterocycles. The summed E-state index contributed by atoms with van der Waals surface area (Å²) in [5.74, 6) is 1.67. The predicted molar refractivity (Wildman–Crippen MR) is 89.3 cm³/mol. The topological polar surface area (TPSA) is 56.8 Å². The number of anilines is 1. The summed E-state index contributed by atoms with van der Waals surface area (Å²) >= 11 is 0. The molecule has 0 unspecified atom stereocenters. The largest absolute Gasteiger partial charge is 0.495 e. The average molecular weight is 315 g/mol. The Morgan fingerprint density at radius 3 is 2.52 bits per heavy atom. The summed E-state index contributed by atoms with van der Waals surface area (Å²) in [4.78, 5) is 12.0. The third-order valence-electron chi connectivity index (χ3n) is 3.03. The van der Waals surface area contributed by atoms with Crippen molar-refractivity contribution in [3.05, 3.63) is 48.5 Å². The molecule has 0 atom stereocenters. The van der Waals surface area contributed by atoms with Gasteiger partial charge in [0.2, 0.25) is 0 Å². The highest BCUT2D eigenvalue weighted by atomic mass is 16.5. The van der Waals surface area contributed by atoms with E-state index in [1.54, 1.807) is 31.4 Å². The third kappa shape index (κ3) is 5.21. The standard InChI is InChI=1S/C18H21NO4/c1-3-11-22-14-7-6-8-15(12-14)23-13-18(20)19-16-9-4-5-10-17(16)21-2/h4-10,12H,3,11,13H2,1-2H3,(H,19,20). The molecule has 0 aliphatic carbocycles. The molecule has 2 aromatic carbocycles. The van der Waals surface area contributed by atoms with E-state index in [-0.39, 0.29) is 12.5 Å². The molecular weight excluding hydrogens is 294 g/mol. The van der Waals surface area contributed by atoms with Gasteiger partial charge in [-0.1, -0.05) is 25.1 Å². The lowest BCUT2D eigenvalue weighted by Gasteiger charge is -2.11. The molecule has 0 spiro atoms. The number of hydrogen-bond donors (Lipinski definition) is 1. The van der Waals surface area contributed by atoms with E-state index < -0.39 is 0 Å². The fraction of sp³-hybridized carbons (Fsp3) is 0.278. The molecule has 0 aliphatic heterocycles. The van der Waals surface area contributed by atoms with Crippen LogP contribution < -0.4 is 19.5 Å². The maximum Gasteiger partial charge on any atom is 0.262 e. The maximum absolute atomic E-state index is 12.0. The summed E-state index contributed by atoms with van der Waals surface area (Å²) in [5, 5.41) is 2.76. The second-order valence-electron chi connectivity index (χ2n) is 4.86. The Labute approximate surface area is 136 Å². The normalized spacial score (nSPS) is 10.0. The molecule has 0 bridgehead atoms. The van der Waals surface area contributed by atoms with Crippen LogP contribution in [0.2, 0.25) is 0 Å². The Bertz CT molecular complexity index is 642. The Hall–Kier alpha value is -2.69. The second kappa shape index (κ2) is 8.68. The molecule has 0 fully saturated rings.